The van der Waals surface area contributed by atoms with E-state index in [0.29, 0.717) is 47.9 Å². The van der Waals surface area contributed by atoms with E-state index in [2.05, 4.69) is 9.84 Å². The molecule has 11 nitrogen and oxygen atoms in total. The van der Waals surface area contributed by atoms with Gasteiger partial charge < -0.3 is 34.1 Å². The van der Waals surface area contributed by atoms with Crippen molar-refractivity contribution in [2.75, 3.05) is 26.9 Å². The molecule has 1 amide bonds. The average molecular weight is 598 g/mol. The number of carboxylic acids is 1. The number of aromatic carboxylic acids is 1. The largest absolute Gasteiger partial charge is 0.508 e. The molecule has 0 saturated heterocycles. The molecule has 12 heteroatoms. The van der Waals surface area contributed by atoms with Crippen LogP contribution in [0.25, 0.3) is 33.4 Å². The summed E-state index contributed by atoms with van der Waals surface area (Å²) in [4.78, 5) is 37.3. The number of fused-ring (bicyclic) bond motifs is 2. The number of aromatic hydroxyl groups is 1. The van der Waals surface area contributed by atoms with Gasteiger partial charge in [-0.2, -0.15) is 0 Å². The first-order valence-electron chi connectivity index (χ1n) is 13.4. The van der Waals surface area contributed by atoms with E-state index in [1.807, 2.05) is 0 Å². The van der Waals surface area contributed by atoms with Crippen molar-refractivity contribution in [2.45, 2.75) is 25.7 Å². The van der Waals surface area contributed by atoms with Crippen LogP contribution < -0.4 is 10.7 Å². The van der Waals surface area contributed by atoms with Crippen molar-refractivity contribution in [3.05, 3.63) is 75.9 Å². The summed E-state index contributed by atoms with van der Waals surface area (Å²) in [6.07, 6.45) is 2.59. The van der Waals surface area contributed by atoms with E-state index in [9.17, 15) is 34.3 Å². The van der Waals surface area contributed by atoms with Gasteiger partial charge in [0.1, 0.15) is 17.1 Å². The molecule has 0 saturated carbocycles. The third-order valence-corrected chi connectivity index (χ3v) is 7.73. The van der Waals surface area contributed by atoms with E-state index in [0.717, 1.165) is 6.42 Å². The molecule has 0 bridgehead atoms. The highest BCUT2D eigenvalue weighted by Gasteiger charge is 2.23. The Morgan fingerprint density at radius 3 is 2.55 bits per heavy atom. The number of hydrogen-bond acceptors (Lipinski definition) is 9. The van der Waals surface area contributed by atoms with Crippen LogP contribution in [0.2, 0.25) is 0 Å². The SMILES string of the molecule is CO[PH](=O)OCCC(CO)CCCCNC(=O)c1ccc(-c2c3ccc(=O)cc-3oc3cc(O)ccc23)c(C(=O)O)c1. The zero-order chi connectivity index (χ0) is 30.2. The summed E-state index contributed by atoms with van der Waals surface area (Å²) in [6, 6.07) is 13.1. The second kappa shape index (κ2) is 14.2. The van der Waals surface area contributed by atoms with Crippen molar-refractivity contribution < 1.29 is 42.9 Å². The third-order valence-electron chi connectivity index (χ3n) is 6.95. The number of phenolic OH excluding ortho intramolecular Hbond substituents is 1. The summed E-state index contributed by atoms with van der Waals surface area (Å²) >= 11 is 0. The Balaban J connectivity index is 1.49. The van der Waals surface area contributed by atoms with E-state index in [1.165, 1.54) is 43.5 Å². The van der Waals surface area contributed by atoms with E-state index >= 15 is 0 Å². The maximum Gasteiger partial charge on any atom is 0.336 e. The fourth-order valence-electron chi connectivity index (χ4n) is 4.79. The highest BCUT2D eigenvalue weighted by molar-refractivity contribution is 7.33. The number of phenols is 1. The number of nitrogens with one attached hydrogen (secondary N) is 1. The van der Waals surface area contributed by atoms with Crippen molar-refractivity contribution in [2.24, 2.45) is 5.92 Å². The zero-order valence-corrected chi connectivity index (χ0v) is 23.9. The summed E-state index contributed by atoms with van der Waals surface area (Å²) in [6.45, 7) is 0.541. The molecule has 0 fully saturated rings. The maximum atomic E-state index is 12.9. The Labute approximate surface area is 242 Å². The smallest absolute Gasteiger partial charge is 0.336 e. The predicted octanol–water partition coefficient (Wildman–Crippen LogP) is 4.92. The van der Waals surface area contributed by atoms with Crippen LogP contribution in [0.4, 0.5) is 0 Å². The van der Waals surface area contributed by atoms with E-state index in [4.69, 9.17) is 8.94 Å². The van der Waals surface area contributed by atoms with Crippen LogP contribution in [0.15, 0.2) is 63.8 Å². The van der Waals surface area contributed by atoms with Crippen molar-refractivity contribution in [1.82, 2.24) is 5.32 Å². The number of benzene rings is 3. The molecular formula is C30H32NO10P. The van der Waals surface area contributed by atoms with Crippen LogP contribution in [-0.2, 0) is 13.6 Å². The minimum Gasteiger partial charge on any atom is -0.508 e. The molecule has 4 N–H and O–H groups in total. The fourth-order valence-corrected chi connectivity index (χ4v) is 5.19. The molecule has 42 heavy (non-hydrogen) atoms. The standard InChI is InChI=1S/C30H32NO10P/c1-39-42(38)40-13-11-18(17-32)4-2-3-12-31-29(35)19-5-8-22(25(14-19)30(36)37)28-23-9-6-20(33)15-26(23)41-27-16-21(34)7-10-24(27)28/h5-10,14-16,18,32-33,42H,2-4,11-13,17H2,1H3,(H,31,35)(H,36,37). The van der Waals surface area contributed by atoms with Gasteiger partial charge in [-0.15, -0.1) is 0 Å². The summed E-state index contributed by atoms with van der Waals surface area (Å²) < 4.78 is 26.7. The average Bonchev–Trinajstić information content (AvgIpc) is 2.98. The lowest BCUT2D eigenvalue weighted by Crippen LogP contribution is -2.25. The van der Waals surface area contributed by atoms with Gasteiger partial charge in [-0.25, -0.2) is 4.79 Å². The molecule has 4 rings (SSSR count). The van der Waals surface area contributed by atoms with Crippen LogP contribution in [0.3, 0.4) is 0 Å². The van der Waals surface area contributed by atoms with Gasteiger partial charge in [0.15, 0.2) is 5.43 Å². The summed E-state index contributed by atoms with van der Waals surface area (Å²) in [5.41, 5.74) is 1.36. The molecule has 1 heterocycles. The van der Waals surface area contributed by atoms with Gasteiger partial charge in [-0.1, -0.05) is 12.5 Å². The molecule has 0 aromatic heterocycles. The lowest BCUT2D eigenvalue weighted by molar-refractivity contribution is 0.0697. The molecular weight excluding hydrogens is 565 g/mol. The minimum absolute atomic E-state index is 0.0276. The quantitative estimate of drug-likeness (QED) is 0.0888. The fraction of sp³-hybridized carbons (Fsp3) is 0.300. The molecule has 2 aliphatic rings. The lowest BCUT2D eigenvalue weighted by atomic mass is 9.90. The second-order valence-corrected chi connectivity index (χ2v) is 11.0. The van der Waals surface area contributed by atoms with Gasteiger partial charge in [0.25, 0.3) is 5.91 Å². The van der Waals surface area contributed by atoms with Crippen LogP contribution in [0.1, 0.15) is 46.4 Å². The third kappa shape index (κ3) is 7.43. The molecule has 2 aromatic carbocycles. The lowest BCUT2D eigenvalue weighted by Gasteiger charge is -2.17. The predicted molar refractivity (Wildman–Crippen MR) is 157 cm³/mol. The number of carbonyl (C=O) groups excluding carboxylic acids is 1. The number of unbranched alkanes of at least 4 members (excludes halogenated alkanes) is 1. The Morgan fingerprint density at radius 2 is 1.81 bits per heavy atom. The monoisotopic (exact) mass is 597 g/mol. The summed E-state index contributed by atoms with van der Waals surface area (Å²) in [5, 5.41) is 33.0. The van der Waals surface area contributed by atoms with E-state index < -0.39 is 20.1 Å². The van der Waals surface area contributed by atoms with Crippen LogP contribution in [0, 0.1) is 5.92 Å². The Hall–Kier alpha value is -4.02. The van der Waals surface area contributed by atoms with Crippen molar-refractivity contribution in [3.8, 4) is 28.2 Å². The van der Waals surface area contributed by atoms with Crippen molar-refractivity contribution in [3.63, 3.8) is 0 Å². The molecule has 1 aliphatic carbocycles. The first-order chi connectivity index (χ1) is 20.2. The summed E-state index contributed by atoms with van der Waals surface area (Å²) in [5.74, 6) is -1.52. The van der Waals surface area contributed by atoms with E-state index in [1.54, 1.807) is 18.2 Å². The van der Waals surface area contributed by atoms with Gasteiger partial charge in [0, 0.05) is 54.5 Å². The minimum atomic E-state index is -2.49. The van der Waals surface area contributed by atoms with Gasteiger partial charge >= 0.3 is 14.2 Å². The molecule has 0 radical (unpaired) electrons. The number of aliphatic hydroxyl groups excluding tert-OH is 1. The molecule has 0 spiro atoms. The topological polar surface area (TPSA) is 173 Å². The number of rotatable bonds is 14. The number of aliphatic hydroxyl groups is 1. The molecule has 1 aliphatic heterocycles. The van der Waals surface area contributed by atoms with Crippen LogP contribution in [0.5, 0.6) is 5.75 Å². The molecule has 222 valence electrons. The normalized spacial score (nSPS) is 12.8. The van der Waals surface area contributed by atoms with Gasteiger partial charge in [-0.3, -0.25) is 14.2 Å². The highest BCUT2D eigenvalue weighted by atomic mass is 31.1. The molecule has 2 atom stereocenters. The Bertz CT molecular complexity index is 1630. The van der Waals surface area contributed by atoms with Crippen LogP contribution in [-0.4, -0.2) is 54.1 Å². The Kier molecular flexibility index (Phi) is 10.5. The van der Waals surface area contributed by atoms with E-state index in [-0.39, 0.29) is 52.8 Å². The number of hydrogen-bond donors (Lipinski definition) is 4. The van der Waals surface area contributed by atoms with Gasteiger partial charge in [0.2, 0.25) is 0 Å². The number of amides is 1. The van der Waals surface area contributed by atoms with Gasteiger partial charge in [0.05, 0.1) is 12.2 Å². The van der Waals surface area contributed by atoms with Crippen LogP contribution >= 0.6 is 8.25 Å². The highest BCUT2D eigenvalue weighted by Crippen LogP contribution is 2.42. The van der Waals surface area contributed by atoms with Gasteiger partial charge in [-0.05, 0) is 67.1 Å². The second-order valence-electron chi connectivity index (χ2n) is 9.77. The molecule has 2 unspecified atom stereocenters. The van der Waals surface area contributed by atoms with Crippen molar-refractivity contribution in [1.29, 1.82) is 0 Å². The molecule has 2 aromatic rings. The summed E-state index contributed by atoms with van der Waals surface area (Å²) in [7, 11) is -1.18. The van der Waals surface area contributed by atoms with Crippen molar-refractivity contribution >= 4 is 31.1 Å². The zero-order valence-electron chi connectivity index (χ0n) is 22.9. The number of carboxylic acid groups (broad SMARTS) is 1. The first-order valence-corrected chi connectivity index (χ1v) is 14.6. The Morgan fingerprint density at radius 1 is 1.02 bits per heavy atom. The maximum absolute atomic E-state index is 12.9. The number of carbonyl (C=O) groups is 2. The first kappa shape index (κ1) is 30.9.